The van der Waals surface area contributed by atoms with Gasteiger partial charge in [-0.3, -0.25) is 9.80 Å². The molecule has 20 heavy (non-hydrogen) atoms. The zero-order valence-electron chi connectivity index (χ0n) is 13.7. The zero-order valence-corrected chi connectivity index (χ0v) is 13.7. The second-order valence-corrected chi connectivity index (χ2v) is 6.79. The maximum absolute atomic E-state index is 3.64. The van der Waals surface area contributed by atoms with Crippen LogP contribution in [0.15, 0.2) is 0 Å². The van der Waals surface area contributed by atoms with Crippen LogP contribution in [0.25, 0.3) is 0 Å². The Morgan fingerprint density at radius 1 is 1.10 bits per heavy atom. The molecule has 3 heteroatoms. The number of hydrogen-bond donors (Lipinski definition) is 1. The number of nitrogens with one attached hydrogen (secondary N) is 1. The lowest BCUT2D eigenvalue weighted by Gasteiger charge is -2.33. The number of hydrogen-bond acceptors (Lipinski definition) is 3. The van der Waals surface area contributed by atoms with Crippen molar-refractivity contribution in [1.82, 2.24) is 15.1 Å². The molecule has 2 fully saturated rings. The lowest BCUT2D eigenvalue weighted by atomic mass is 10.1. The van der Waals surface area contributed by atoms with Gasteiger partial charge in [0.15, 0.2) is 0 Å². The van der Waals surface area contributed by atoms with Crippen LogP contribution in [0.1, 0.15) is 58.8 Å². The minimum atomic E-state index is 0.700. The topological polar surface area (TPSA) is 18.5 Å². The molecule has 2 saturated heterocycles. The summed E-state index contributed by atoms with van der Waals surface area (Å²) >= 11 is 0. The molecule has 0 saturated carbocycles. The molecule has 0 aliphatic carbocycles. The van der Waals surface area contributed by atoms with E-state index in [9.17, 15) is 0 Å². The van der Waals surface area contributed by atoms with E-state index >= 15 is 0 Å². The Hall–Kier alpha value is -0.120. The van der Waals surface area contributed by atoms with Gasteiger partial charge in [0.2, 0.25) is 0 Å². The number of piperidine rings is 1. The van der Waals surface area contributed by atoms with Gasteiger partial charge in [0.1, 0.15) is 0 Å². The van der Waals surface area contributed by atoms with Gasteiger partial charge < -0.3 is 5.32 Å². The van der Waals surface area contributed by atoms with Crippen LogP contribution in [0.3, 0.4) is 0 Å². The maximum Gasteiger partial charge on any atom is 0.0235 e. The van der Waals surface area contributed by atoms with Gasteiger partial charge in [-0.15, -0.1) is 0 Å². The van der Waals surface area contributed by atoms with Crippen LogP contribution in [0, 0.1) is 0 Å². The molecule has 3 nitrogen and oxygen atoms in total. The number of unbranched alkanes of at least 4 members (excludes halogenated alkanes) is 2. The summed E-state index contributed by atoms with van der Waals surface area (Å²) in [7, 11) is 0. The third-order valence-corrected chi connectivity index (χ3v) is 5.12. The summed E-state index contributed by atoms with van der Waals surface area (Å²) in [5.41, 5.74) is 0. The average Bonchev–Trinajstić information content (AvgIpc) is 2.98. The molecule has 0 bridgehead atoms. The number of likely N-dealkylation sites (tertiary alicyclic amines) is 2. The predicted molar refractivity (Wildman–Crippen MR) is 87.3 cm³/mol. The Kier molecular flexibility index (Phi) is 7.32. The summed E-state index contributed by atoms with van der Waals surface area (Å²) in [5, 5.41) is 3.64. The van der Waals surface area contributed by atoms with Gasteiger partial charge in [-0.1, -0.05) is 26.2 Å². The van der Waals surface area contributed by atoms with Gasteiger partial charge in [-0.05, 0) is 52.2 Å². The Bertz CT molecular complexity index is 251. The summed E-state index contributed by atoms with van der Waals surface area (Å²) < 4.78 is 0. The minimum Gasteiger partial charge on any atom is -0.315 e. The van der Waals surface area contributed by atoms with E-state index in [1.54, 1.807) is 0 Å². The van der Waals surface area contributed by atoms with Crippen molar-refractivity contribution in [2.45, 2.75) is 70.9 Å². The quantitative estimate of drug-likeness (QED) is 0.690. The summed E-state index contributed by atoms with van der Waals surface area (Å²) in [6.45, 7) is 12.3. The minimum absolute atomic E-state index is 0.700. The standard InChI is InChI=1S/C17H35N3/c1-3-4-6-10-18-14-16(2)20-13-9-17(15-20)19-11-7-5-8-12-19/h16-18H,3-15H2,1-2H3. The molecule has 0 aromatic rings. The van der Waals surface area contributed by atoms with Crippen molar-refractivity contribution in [1.29, 1.82) is 0 Å². The maximum atomic E-state index is 3.64. The number of nitrogens with zero attached hydrogens (tertiary/aromatic N) is 2. The van der Waals surface area contributed by atoms with Crippen molar-refractivity contribution in [3.8, 4) is 0 Å². The molecule has 2 rings (SSSR count). The summed E-state index contributed by atoms with van der Waals surface area (Å²) in [6.07, 6.45) is 9.70. The smallest absolute Gasteiger partial charge is 0.0235 e. The van der Waals surface area contributed by atoms with Crippen molar-refractivity contribution in [2.75, 3.05) is 39.3 Å². The van der Waals surface area contributed by atoms with E-state index in [0.717, 1.165) is 12.6 Å². The fraction of sp³-hybridized carbons (Fsp3) is 1.00. The predicted octanol–water partition coefficient (Wildman–Crippen LogP) is 2.71. The van der Waals surface area contributed by atoms with Crippen LogP contribution >= 0.6 is 0 Å². The first-order chi connectivity index (χ1) is 9.81. The highest BCUT2D eigenvalue weighted by Gasteiger charge is 2.30. The SMILES string of the molecule is CCCCCNCC(C)N1CCC(N2CCCCC2)C1. The van der Waals surface area contributed by atoms with Crippen LogP contribution in [0.2, 0.25) is 0 Å². The summed E-state index contributed by atoms with van der Waals surface area (Å²) in [6, 6.07) is 1.55. The first-order valence-corrected chi connectivity index (χ1v) is 9.00. The first-order valence-electron chi connectivity index (χ1n) is 9.00. The highest BCUT2D eigenvalue weighted by Crippen LogP contribution is 2.21. The summed E-state index contributed by atoms with van der Waals surface area (Å²) in [5.74, 6) is 0. The van der Waals surface area contributed by atoms with Gasteiger partial charge in [-0.25, -0.2) is 0 Å². The van der Waals surface area contributed by atoms with Crippen molar-refractivity contribution in [3.05, 3.63) is 0 Å². The summed E-state index contributed by atoms with van der Waals surface area (Å²) in [4.78, 5) is 5.46. The van der Waals surface area contributed by atoms with Crippen LogP contribution in [0.5, 0.6) is 0 Å². The Balaban J connectivity index is 1.61. The third-order valence-electron chi connectivity index (χ3n) is 5.12. The first kappa shape index (κ1) is 16.3. The van der Waals surface area contributed by atoms with Gasteiger partial charge in [-0.2, -0.15) is 0 Å². The molecule has 2 aliphatic heterocycles. The fourth-order valence-electron chi connectivity index (χ4n) is 3.69. The molecule has 0 aromatic carbocycles. The highest BCUT2D eigenvalue weighted by molar-refractivity contribution is 4.87. The molecule has 0 amide bonds. The molecule has 0 aromatic heterocycles. The van der Waals surface area contributed by atoms with Crippen molar-refractivity contribution in [3.63, 3.8) is 0 Å². The van der Waals surface area contributed by atoms with Crippen molar-refractivity contribution >= 4 is 0 Å². The molecular weight excluding hydrogens is 246 g/mol. The Morgan fingerprint density at radius 2 is 1.90 bits per heavy atom. The lowest BCUT2D eigenvalue weighted by molar-refractivity contribution is 0.153. The second-order valence-electron chi connectivity index (χ2n) is 6.79. The van der Waals surface area contributed by atoms with Crippen LogP contribution < -0.4 is 5.32 Å². The van der Waals surface area contributed by atoms with E-state index in [0.29, 0.717) is 6.04 Å². The fourth-order valence-corrected chi connectivity index (χ4v) is 3.69. The van der Waals surface area contributed by atoms with E-state index in [-0.39, 0.29) is 0 Å². The molecule has 2 aliphatic rings. The molecule has 2 unspecified atom stereocenters. The van der Waals surface area contributed by atoms with E-state index < -0.39 is 0 Å². The molecule has 0 spiro atoms. The number of rotatable bonds is 8. The third kappa shape index (κ3) is 5.01. The molecule has 2 heterocycles. The van der Waals surface area contributed by atoms with Gasteiger partial charge in [0.05, 0.1) is 0 Å². The van der Waals surface area contributed by atoms with E-state index in [1.807, 2.05) is 0 Å². The normalized spacial score (nSPS) is 27.0. The average molecular weight is 281 g/mol. The van der Waals surface area contributed by atoms with Gasteiger partial charge in [0.25, 0.3) is 0 Å². The van der Waals surface area contributed by atoms with Gasteiger partial charge >= 0.3 is 0 Å². The van der Waals surface area contributed by atoms with Crippen molar-refractivity contribution in [2.24, 2.45) is 0 Å². The van der Waals surface area contributed by atoms with E-state index in [1.165, 1.54) is 77.7 Å². The largest absolute Gasteiger partial charge is 0.315 e. The molecule has 1 N–H and O–H groups in total. The van der Waals surface area contributed by atoms with Crippen LogP contribution in [-0.2, 0) is 0 Å². The molecule has 118 valence electrons. The molecular formula is C17H35N3. The Morgan fingerprint density at radius 3 is 2.65 bits per heavy atom. The molecule has 2 atom stereocenters. The van der Waals surface area contributed by atoms with E-state index in [2.05, 4.69) is 29.0 Å². The van der Waals surface area contributed by atoms with Crippen LogP contribution in [0.4, 0.5) is 0 Å². The monoisotopic (exact) mass is 281 g/mol. The van der Waals surface area contributed by atoms with Crippen molar-refractivity contribution < 1.29 is 0 Å². The Labute approximate surface area is 126 Å². The second kappa shape index (κ2) is 9.01. The zero-order chi connectivity index (χ0) is 14.2. The molecule has 0 radical (unpaired) electrons. The highest BCUT2D eigenvalue weighted by atomic mass is 15.3. The van der Waals surface area contributed by atoms with Gasteiger partial charge in [0, 0.05) is 31.7 Å². The lowest BCUT2D eigenvalue weighted by Crippen LogP contribution is -2.44. The van der Waals surface area contributed by atoms with E-state index in [4.69, 9.17) is 0 Å². The van der Waals surface area contributed by atoms with Crippen LogP contribution in [-0.4, -0.2) is 61.2 Å².